The maximum atomic E-state index is 11.7. The number of carbonyl (C=O) groups excluding carboxylic acids is 1. The number of hydrogen-bond acceptors (Lipinski definition) is 6. The van der Waals surface area contributed by atoms with Crippen LogP contribution in [0.5, 0.6) is 0 Å². The highest BCUT2D eigenvalue weighted by molar-refractivity contribution is 7.80. The van der Waals surface area contributed by atoms with E-state index in [-0.39, 0.29) is 22.5 Å². The number of thiocarbonyl (C=S) groups is 1. The molecule has 1 aromatic heterocycles. The third kappa shape index (κ3) is 5.89. The van der Waals surface area contributed by atoms with Gasteiger partial charge in [0.1, 0.15) is 6.20 Å². The summed E-state index contributed by atoms with van der Waals surface area (Å²) in [5, 5.41) is 19.7. The monoisotopic (exact) mass is 365 g/mol. The highest BCUT2D eigenvalue weighted by atomic mass is 32.1. The topological polar surface area (TPSA) is 109 Å². The number of amides is 1. The maximum absolute atomic E-state index is 11.7. The first-order valence-electron chi connectivity index (χ1n) is 7.04. The molecule has 8 nitrogen and oxygen atoms in total. The number of rotatable bonds is 7. The van der Waals surface area contributed by atoms with E-state index in [2.05, 4.69) is 20.9 Å². The maximum Gasteiger partial charge on any atom is 0.345 e. The third-order valence-electron chi connectivity index (χ3n) is 2.82. The van der Waals surface area contributed by atoms with Crippen LogP contribution in [0.2, 0.25) is 0 Å². The fourth-order valence-electron chi connectivity index (χ4n) is 1.74. The van der Waals surface area contributed by atoms with Gasteiger partial charge in [0.05, 0.1) is 4.92 Å². The van der Waals surface area contributed by atoms with E-state index in [9.17, 15) is 14.9 Å². The molecule has 1 aromatic carbocycles. The first-order chi connectivity index (χ1) is 11.5. The molecular weight excluding hydrogens is 350 g/mol. The molecule has 126 valence electrons. The van der Waals surface area contributed by atoms with Crippen molar-refractivity contribution in [2.45, 2.75) is 12.8 Å². The van der Waals surface area contributed by atoms with Crippen molar-refractivity contribution in [3.63, 3.8) is 0 Å². The Bertz CT molecular complexity index is 720. The zero-order valence-electron chi connectivity index (χ0n) is 12.5. The van der Waals surface area contributed by atoms with Crippen molar-refractivity contribution in [2.24, 2.45) is 0 Å². The molecule has 0 aliphatic rings. The van der Waals surface area contributed by atoms with Gasteiger partial charge in [0.15, 0.2) is 10.2 Å². The second kappa shape index (κ2) is 8.89. The van der Waals surface area contributed by atoms with Gasteiger partial charge in [-0.2, -0.15) is 0 Å². The van der Waals surface area contributed by atoms with Gasteiger partial charge in [-0.25, -0.2) is 4.98 Å². The smallest absolute Gasteiger partial charge is 0.345 e. The SMILES string of the molecule is O=C(CCCNC(=S)Nc1ccccc1)Nc1ncc([N+](=O)[O-])s1. The molecule has 0 bridgehead atoms. The molecule has 1 heterocycles. The second-order valence-electron chi connectivity index (χ2n) is 4.66. The number of hydrogen-bond donors (Lipinski definition) is 3. The summed E-state index contributed by atoms with van der Waals surface area (Å²) in [4.78, 5) is 25.5. The summed E-state index contributed by atoms with van der Waals surface area (Å²) in [5.74, 6) is -0.247. The molecule has 24 heavy (non-hydrogen) atoms. The number of benzene rings is 1. The first-order valence-corrected chi connectivity index (χ1v) is 8.27. The Morgan fingerprint density at radius 1 is 1.29 bits per heavy atom. The lowest BCUT2D eigenvalue weighted by atomic mass is 10.3. The molecule has 2 aromatic rings. The minimum Gasteiger partial charge on any atom is -0.362 e. The van der Waals surface area contributed by atoms with Crippen LogP contribution in [-0.4, -0.2) is 27.5 Å². The molecule has 0 aliphatic carbocycles. The quantitative estimate of drug-likeness (QED) is 0.299. The molecule has 0 spiro atoms. The summed E-state index contributed by atoms with van der Waals surface area (Å²) in [5.41, 5.74) is 0.887. The second-order valence-corrected chi connectivity index (χ2v) is 6.08. The van der Waals surface area contributed by atoms with Gasteiger partial charge in [-0.1, -0.05) is 18.2 Å². The van der Waals surface area contributed by atoms with Crippen LogP contribution in [0.15, 0.2) is 36.5 Å². The van der Waals surface area contributed by atoms with Crippen LogP contribution in [-0.2, 0) is 4.79 Å². The van der Waals surface area contributed by atoms with E-state index < -0.39 is 4.92 Å². The number of nitrogens with zero attached hydrogens (tertiary/aromatic N) is 2. The lowest BCUT2D eigenvalue weighted by Gasteiger charge is -2.10. The van der Waals surface area contributed by atoms with Crippen molar-refractivity contribution in [3.05, 3.63) is 46.6 Å². The van der Waals surface area contributed by atoms with Gasteiger partial charge in [-0.3, -0.25) is 14.9 Å². The van der Waals surface area contributed by atoms with Gasteiger partial charge in [-0.15, -0.1) is 0 Å². The molecule has 0 saturated carbocycles. The molecule has 10 heteroatoms. The molecule has 0 unspecified atom stereocenters. The fourth-order valence-corrected chi connectivity index (χ4v) is 2.61. The number of anilines is 2. The number of nitrogens with one attached hydrogen (secondary N) is 3. The number of thiazole rings is 1. The molecule has 0 saturated heterocycles. The Morgan fingerprint density at radius 3 is 2.71 bits per heavy atom. The lowest BCUT2D eigenvalue weighted by Crippen LogP contribution is -2.29. The van der Waals surface area contributed by atoms with Crippen LogP contribution in [0.4, 0.5) is 15.8 Å². The molecule has 0 aliphatic heterocycles. The third-order valence-corrected chi connectivity index (χ3v) is 3.93. The van der Waals surface area contributed by atoms with E-state index in [1.807, 2.05) is 30.3 Å². The summed E-state index contributed by atoms with van der Waals surface area (Å²) in [7, 11) is 0. The van der Waals surface area contributed by atoms with Crippen LogP contribution in [0.3, 0.4) is 0 Å². The minimum atomic E-state index is -0.544. The molecule has 3 N–H and O–H groups in total. The van der Waals surface area contributed by atoms with Crippen LogP contribution >= 0.6 is 23.6 Å². The average Bonchev–Trinajstić information content (AvgIpc) is 3.01. The first kappa shape index (κ1) is 17.8. The van der Waals surface area contributed by atoms with Crippen molar-refractivity contribution in [2.75, 3.05) is 17.2 Å². The van der Waals surface area contributed by atoms with Gasteiger partial charge in [0.25, 0.3) is 0 Å². The van der Waals surface area contributed by atoms with Gasteiger partial charge in [0.2, 0.25) is 5.91 Å². The van der Waals surface area contributed by atoms with Crippen LogP contribution in [0.1, 0.15) is 12.8 Å². The van der Waals surface area contributed by atoms with Crippen LogP contribution in [0, 0.1) is 10.1 Å². The Hall–Kier alpha value is -2.59. The molecule has 0 radical (unpaired) electrons. The van der Waals surface area contributed by atoms with Crippen molar-refractivity contribution in [1.82, 2.24) is 10.3 Å². The summed E-state index contributed by atoms with van der Waals surface area (Å²) in [6, 6.07) is 9.51. The number of aromatic nitrogens is 1. The minimum absolute atomic E-state index is 0.107. The van der Waals surface area contributed by atoms with Gasteiger partial charge in [-0.05, 0) is 42.1 Å². The van der Waals surface area contributed by atoms with Crippen molar-refractivity contribution < 1.29 is 9.72 Å². The van der Waals surface area contributed by atoms with E-state index in [0.29, 0.717) is 18.1 Å². The highest BCUT2D eigenvalue weighted by Gasteiger charge is 2.13. The van der Waals surface area contributed by atoms with Crippen LogP contribution in [0.25, 0.3) is 0 Å². The Morgan fingerprint density at radius 2 is 2.04 bits per heavy atom. The van der Waals surface area contributed by atoms with E-state index in [1.165, 1.54) is 0 Å². The summed E-state index contributed by atoms with van der Waals surface area (Å²) >= 11 is 5.98. The Balaban J connectivity index is 1.63. The number of para-hydroxylation sites is 1. The van der Waals surface area contributed by atoms with Crippen molar-refractivity contribution in [1.29, 1.82) is 0 Å². The van der Waals surface area contributed by atoms with Gasteiger partial charge in [0, 0.05) is 18.7 Å². The molecule has 2 rings (SSSR count). The summed E-state index contributed by atoms with van der Waals surface area (Å²) < 4.78 is 0. The van der Waals surface area contributed by atoms with Gasteiger partial charge >= 0.3 is 5.00 Å². The largest absolute Gasteiger partial charge is 0.362 e. The van der Waals surface area contributed by atoms with Crippen LogP contribution < -0.4 is 16.0 Å². The lowest BCUT2D eigenvalue weighted by molar-refractivity contribution is -0.380. The zero-order valence-corrected chi connectivity index (χ0v) is 14.2. The van der Waals surface area contributed by atoms with Crippen molar-refractivity contribution in [3.8, 4) is 0 Å². The Labute approximate surface area is 147 Å². The standard InChI is InChI=1S/C14H15N5O3S2/c20-11(18-14-16-9-12(24-14)19(21)22)7-4-8-15-13(23)17-10-5-2-1-3-6-10/h1-3,5-6,9H,4,7-8H2,(H2,15,17,23)(H,16,18,20). The van der Waals surface area contributed by atoms with Gasteiger partial charge < -0.3 is 16.0 Å². The molecule has 0 fully saturated rings. The summed E-state index contributed by atoms with van der Waals surface area (Å²) in [6.07, 6.45) is 1.94. The number of carbonyl (C=O) groups is 1. The highest BCUT2D eigenvalue weighted by Crippen LogP contribution is 2.24. The fraction of sp³-hybridized carbons (Fsp3) is 0.214. The van der Waals surface area contributed by atoms with E-state index in [4.69, 9.17) is 12.2 Å². The van der Waals surface area contributed by atoms with Crippen molar-refractivity contribution >= 4 is 50.4 Å². The summed E-state index contributed by atoms with van der Waals surface area (Å²) in [6.45, 7) is 0.532. The zero-order chi connectivity index (χ0) is 17.4. The molecule has 0 atom stereocenters. The number of nitro groups is 1. The van der Waals surface area contributed by atoms with E-state index >= 15 is 0 Å². The predicted octanol–water partition coefficient (Wildman–Crippen LogP) is 2.76. The normalized spacial score (nSPS) is 10.0. The van der Waals surface area contributed by atoms with E-state index in [0.717, 1.165) is 23.2 Å². The molecule has 1 amide bonds. The molecular formula is C14H15N5O3S2. The average molecular weight is 365 g/mol. The predicted molar refractivity (Wildman–Crippen MR) is 97.3 cm³/mol. The Kier molecular flexibility index (Phi) is 6.58. The van der Waals surface area contributed by atoms with E-state index in [1.54, 1.807) is 0 Å².